The van der Waals surface area contributed by atoms with Gasteiger partial charge in [0.2, 0.25) is 5.91 Å². The summed E-state index contributed by atoms with van der Waals surface area (Å²) < 4.78 is 5.23. The van der Waals surface area contributed by atoms with E-state index in [2.05, 4.69) is 10.5 Å². The van der Waals surface area contributed by atoms with E-state index in [1.165, 1.54) is 0 Å². The largest absolute Gasteiger partial charge is 0.356 e. The van der Waals surface area contributed by atoms with Gasteiger partial charge in [0, 0.05) is 25.0 Å². The summed E-state index contributed by atoms with van der Waals surface area (Å²) in [6.07, 6.45) is 1.32. The lowest BCUT2D eigenvalue weighted by Gasteiger charge is -2.19. The van der Waals surface area contributed by atoms with Gasteiger partial charge in [0.25, 0.3) is 0 Å². The lowest BCUT2D eigenvalue weighted by atomic mass is 10.1. The van der Waals surface area contributed by atoms with E-state index in [0.29, 0.717) is 6.42 Å². The molecule has 0 spiro atoms. The first kappa shape index (κ1) is 14.8. The Hall–Kier alpha value is -1.59. The van der Waals surface area contributed by atoms with Crippen LogP contribution in [0.2, 0.25) is 0 Å². The van der Waals surface area contributed by atoms with Crippen LogP contribution >= 0.6 is 12.4 Å². The second-order valence-electron chi connectivity index (χ2n) is 4.79. The number of hydrogen-bond donors (Lipinski definition) is 1. The second-order valence-corrected chi connectivity index (χ2v) is 4.79. The first-order chi connectivity index (χ1) is 9.34. The van der Waals surface area contributed by atoms with Crippen molar-refractivity contribution in [3.63, 3.8) is 0 Å². The number of amides is 1. The molecule has 0 atom stereocenters. The molecule has 1 aromatic carbocycles. The average Bonchev–Trinajstić information content (AvgIpc) is 2.66. The minimum Gasteiger partial charge on any atom is -0.356 e. The van der Waals surface area contributed by atoms with E-state index in [9.17, 15) is 4.79 Å². The van der Waals surface area contributed by atoms with E-state index in [1.807, 2.05) is 29.2 Å². The molecule has 0 radical (unpaired) electrons. The molecule has 5 nitrogen and oxygen atoms in total. The van der Waals surface area contributed by atoms with Crippen molar-refractivity contribution in [1.82, 2.24) is 15.4 Å². The van der Waals surface area contributed by atoms with Crippen molar-refractivity contribution in [2.75, 3.05) is 26.2 Å². The van der Waals surface area contributed by atoms with Crippen LogP contribution in [-0.4, -0.2) is 42.1 Å². The summed E-state index contributed by atoms with van der Waals surface area (Å²) in [4.78, 5) is 14.2. The minimum absolute atomic E-state index is 0. The first-order valence-electron chi connectivity index (χ1n) is 6.66. The monoisotopic (exact) mass is 295 g/mol. The molecule has 1 N–H and O–H groups in total. The number of hydrogen-bond acceptors (Lipinski definition) is 4. The third-order valence-corrected chi connectivity index (χ3v) is 3.46. The molecule has 0 aliphatic carbocycles. The average molecular weight is 296 g/mol. The summed E-state index contributed by atoms with van der Waals surface area (Å²) in [6.45, 7) is 3.44. The van der Waals surface area contributed by atoms with Crippen LogP contribution in [0.1, 0.15) is 12.1 Å². The van der Waals surface area contributed by atoms with E-state index >= 15 is 0 Å². The number of nitrogens with one attached hydrogen (secondary N) is 1. The van der Waals surface area contributed by atoms with Crippen LogP contribution < -0.4 is 5.32 Å². The Morgan fingerprint density at radius 3 is 3.05 bits per heavy atom. The normalized spacial score (nSPS) is 15.7. The second kappa shape index (κ2) is 6.72. The molecular weight excluding hydrogens is 278 g/mol. The van der Waals surface area contributed by atoms with Crippen LogP contribution in [0.25, 0.3) is 11.0 Å². The van der Waals surface area contributed by atoms with Crippen molar-refractivity contribution in [3.05, 3.63) is 30.0 Å². The van der Waals surface area contributed by atoms with E-state index in [1.54, 1.807) is 0 Å². The lowest BCUT2D eigenvalue weighted by molar-refractivity contribution is -0.130. The Labute approximate surface area is 123 Å². The molecule has 1 saturated heterocycles. The van der Waals surface area contributed by atoms with Crippen molar-refractivity contribution in [2.24, 2.45) is 0 Å². The van der Waals surface area contributed by atoms with Gasteiger partial charge in [-0.2, -0.15) is 0 Å². The number of nitrogens with zero attached hydrogens (tertiary/aromatic N) is 2. The van der Waals surface area contributed by atoms with Gasteiger partial charge in [0.15, 0.2) is 5.58 Å². The predicted molar refractivity (Wildman–Crippen MR) is 79.0 cm³/mol. The number of fused-ring (bicyclic) bond motifs is 1. The third kappa shape index (κ3) is 3.11. The highest BCUT2D eigenvalue weighted by Gasteiger charge is 2.18. The minimum atomic E-state index is 0. The standard InChI is InChI=1S/C14H17N3O2.ClH/c18-14(17-8-3-6-15-7-9-17)10-12-11-4-1-2-5-13(11)19-16-12;/h1-2,4-5,15H,3,6-10H2;1H. The summed E-state index contributed by atoms with van der Waals surface area (Å²) in [5.74, 6) is 0.128. The number of carbonyl (C=O) groups is 1. The number of rotatable bonds is 2. The first-order valence-corrected chi connectivity index (χ1v) is 6.66. The molecule has 2 heterocycles. The summed E-state index contributed by atoms with van der Waals surface area (Å²) in [7, 11) is 0. The number of halogens is 1. The molecule has 0 saturated carbocycles. The lowest BCUT2D eigenvalue weighted by Crippen LogP contribution is -2.35. The number of aromatic nitrogens is 1. The SMILES string of the molecule is Cl.O=C(Cc1noc2ccccc12)N1CCCNCC1. The van der Waals surface area contributed by atoms with Gasteiger partial charge >= 0.3 is 0 Å². The zero-order valence-electron chi connectivity index (χ0n) is 11.2. The van der Waals surface area contributed by atoms with Crippen molar-refractivity contribution in [3.8, 4) is 0 Å². The topological polar surface area (TPSA) is 58.4 Å². The number of para-hydroxylation sites is 1. The molecule has 20 heavy (non-hydrogen) atoms. The Kier molecular flexibility index (Phi) is 4.98. The molecule has 0 unspecified atom stereocenters. The van der Waals surface area contributed by atoms with Gasteiger partial charge in [-0.1, -0.05) is 17.3 Å². The molecule has 6 heteroatoms. The van der Waals surface area contributed by atoms with Crippen molar-refractivity contribution in [2.45, 2.75) is 12.8 Å². The van der Waals surface area contributed by atoms with Gasteiger partial charge in [-0.15, -0.1) is 12.4 Å². The Morgan fingerprint density at radius 1 is 1.30 bits per heavy atom. The molecule has 1 aromatic heterocycles. The van der Waals surface area contributed by atoms with E-state index in [4.69, 9.17) is 4.52 Å². The molecule has 3 rings (SSSR count). The summed E-state index contributed by atoms with van der Waals surface area (Å²) in [5, 5.41) is 8.24. The van der Waals surface area contributed by atoms with Gasteiger partial charge < -0.3 is 14.7 Å². The van der Waals surface area contributed by atoms with Crippen LogP contribution in [0.3, 0.4) is 0 Å². The van der Waals surface area contributed by atoms with E-state index in [0.717, 1.165) is 49.3 Å². The molecule has 1 amide bonds. The highest BCUT2D eigenvalue weighted by molar-refractivity contribution is 5.86. The molecule has 1 fully saturated rings. The number of benzene rings is 1. The van der Waals surface area contributed by atoms with Crippen LogP contribution in [0.4, 0.5) is 0 Å². The van der Waals surface area contributed by atoms with Crippen molar-refractivity contribution >= 4 is 29.3 Å². The molecule has 1 aliphatic rings. The predicted octanol–water partition coefficient (Wildman–Crippen LogP) is 1.61. The highest BCUT2D eigenvalue weighted by atomic mass is 35.5. The van der Waals surface area contributed by atoms with Gasteiger partial charge in [0.1, 0.15) is 5.69 Å². The quantitative estimate of drug-likeness (QED) is 0.914. The van der Waals surface area contributed by atoms with Gasteiger partial charge in [-0.25, -0.2) is 0 Å². The number of carbonyl (C=O) groups excluding carboxylic acids is 1. The molecular formula is C14H18ClN3O2. The van der Waals surface area contributed by atoms with Crippen LogP contribution in [0.5, 0.6) is 0 Å². The molecule has 0 bridgehead atoms. The van der Waals surface area contributed by atoms with Crippen molar-refractivity contribution < 1.29 is 9.32 Å². The van der Waals surface area contributed by atoms with Crippen LogP contribution in [0, 0.1) is 0 Å². The molecule has 2 aromatic rings. The van der Waals surface area contributed by atoms with E-state index in [-0.39, 0.29) is 18.3 Å². The zero-order chi connectivity index (χ0) is 13.1. The fourth-order valence-corrected chi connectivity index (χ4v) is 2.42. The Morgan fingerprint density at radius 2 is 2.15 bits per heavy atom. The fourth-order valence-electron chi connectivity index (χ4n) is 2.42. The zero-order valence-corrected chi connectivity index (χ0v) is 12.0. The van der Waals surface area contributed by atoms with Crippen molar-refractivity contribution in [1.29, 1.82) is 0 Å². The van der Waals surface area contributed by atoms with Crippen LogP contribution in [-0.2, 0) is 11.2 Å². The van der Waals surface area contributed by atoms with E-state index < -0.39 is 0 Å². The van der Waals surface area contributed by atoms with Gasteiger partial charge in [-0.05, 0) is 25.1 Å². The molecule has 1 aliphatic heterocycles. The fraction of sp³-hybridized carbons (Fsp3) is 0.429. The summed E-state index contributed by atoms with van der Waals surface area (Å²) in [5.41, 5.74) is 1.47. The Bertz CT molecular complexity index is 577. The smallest absolute Gasteiger partial charge is 0.228 e. The van der Waals surface area contributed by atoms with Crippen LogP contribution in [0.15, 0.2) is 28.8 Å². The molecule has 108 valence electrons. The summed E-state index contributed by atoms with van der Waals surface area (Å²) >= 11 is 0. The maximum Gasteiger partial charge on any atom is 0.228 e. The summed E-state index contributed by atoms with van der Waals surface area (Å²) in [6, 6.07) is 7.65. The highest BCUT2D eigenvalue weighted by Crippen LogP contribution is 2.18. The maximum atomic E-state index is 12.3. The third-order valence-electron chi connectivity index (χ3n) is 3.46. The maximum absolute atomic E-state index is 12.3. The Balaban J connectivity index is 0.00000147. The van der Waals surface area contributed by atoms with Gasteiger partial charge in [-0.3, -0.25) is 4.79 Å². The van der Waals surface area contributed by atoms with Gasteiger partial charge in [0.05, 0.1) is 6.42 Å².